The Morgan fingerprint density at radius 1 is 1.12 bits per heavy atom. The third-order valence-corrected chi connectivity index (χ3v) is 3.10. The lowest BCUT2D eigenvalue weighted by Crippen LogP contribution is -2.12. The van der Waals surface area contributed by atoms with E-state index in [9.17, 15) is 4.39 Å². The number of halogens is 3. The summed E-state index contributed by atoms with van der Waals surface area (Å²) in [6.07, 6.45) is 0. The predicted molar refractivity (Wildman–Crippen MR) is 70.4 cm³/mol. The fourth-order valence-electron chi connectivity index (χ4n) is 1.71. The number of aromatic nitrogens is 1. The Balaban J connectivity index is 2.81. The van der Waals surface area contributed by atoms with E-state index < -0.39 is 5.82 Å². The number of hydrogen-bond acceptors (Lipinski definition) is 1. The van der Waals surface area contributed by atoms with E-state index in [1.807, 2.05) is 26.8 Å². The first-order valence-electron chi connectivity index (χ1n) is 5.25. The van der Waals surface area contributed by atoms with Crippen LogP contribution in [-0.2, 0) is 5.41 Å². The molecule has 2 aromatic rings. The SMILES string of the molecule is CC(C)(C)c1cc2cc(Cl)cc(F)c2nc1Cl. The van der Waals surface area contributed by atoms with Crippen molar-refractivity contribution in [2.45, 2.75) is 26.2 Å². The molecular weight excluding hydrogens is 260 g/mol. The molecule has 0 aliphatic carbocycles. The van der Waals surface area contributed by atoms with E-state index in [4.69, 9.17) is 23.2 Å². The summed E-state index contributed by atoms with van der Waals surface area (Å²) >= 11 is 11.9. The lowest BCUT2D eigenvalue weighted by molar-refractivity contribution is 0.588. The molecule has 90 valence electrons. The number of hydrogen-bond donors (Lipinski definition) is 0. The van der Waals surface area contributed by atoms with Gasteiger partial charge in [-0.25, -0.2) is 9.37 Å². The highest BCUT2D eigenvalue weighted by atomic mass is 35.5. The lowest BCUT2D eigenvalue weighted by atomic mass is 9.87. The molecule has 1 nitrogen and oxygen atoms in total. The maximum atomic E-state index is 13.6. The number of rotatable bonds is 0. The summed E-state index contributed by atoms with van der Waals surface area (Å²) in [4.78, 5) is 4.11. The van der Waals surface area contributed by atoms with Crippen molar-refractivity contribution in [2.75, 3.05) is 0 Å². The van der Waals surface area contributed by atoms with E-state index in [-0.39, 0.29) is 10.9 Å². The van der Waals surface area contributed by atoms with Gasteiger partial charge in [-0.3, -0.25) is 0 Å². The van der Waals surface area contributed by atoms with Crippen LogP contribution in [0.3, 0.4) is 0 Å². The van der Waals surface area contributed by atoms with Crippen LogP contribution in [0.5, 0.6) is 0 Å². The summed E-state index contributed by atoms with van der Waals surface area (Å²) in [5.41, 5.74) is 0.998. The van der Waals surface area contributed by atoms with Gasteiger partial charge in [-0.05, 0) is 29.2 Å². The van der Waals surface area contributed by atoms with Crippen LogP contribution in [0, 0.1) is 5.82 Å². The average molecular weight is 272 g/mol. The molecule has 0 saturated heterocycles. The standard InChI is InChI=1S/C13H12Cl2FN/c1-13(2,3)9-5-7-4-8(14)6-10(16)11(7)17-12(9)15/h4-6H,1-3H3. The van der Waals surface area contributed by atoms with Crippen molar-refractivity contribution in [1.82, 2.24) is 4.98 Å². The van der Waals surface area contributed by atoms with Gasteiger partial charge in [-0.1, -0.05) is 44.0 Å². The fourth-order valence-corrected chi connectivity index (χ4v) is 2.35. The summed E-state index contributed by atoms with van der Waals surface area (Å²) in [6, 6.07) is 4.78. The quantitative estimate of drug-likeness (QED) is 0.616. The monoisotopic (exact) mass is 271 g/mol. The molecule has 1 heterocycles. The zero-order valence-corrected chi connectivity index (χ0v) is 11.3. The summed E-state index contributed by atoms with van der Waals surface area (Å²) in [6.45, 7) is 6.09. The first-order chi connectivity index (χ1) is 7.79. The molecule has 0 aliphatic rings. The minimum Gasteiger partial charge on any atom is -0.233 e. The fraction of sp³-hybridized carbons (Fsp3) is 0.308. The van der Waals surface area contributed by atoms with E-state index in [2.05, 4.69) is 4.98 Å². The van der Waals surface area contributed by atoms with Crippen LogP contribution >= 0.6 is 23.2 Å². The molecule has 0 radical (unpaired) electrons. The van der Waals surface area contributed by atoms with E-state index in [1.165, 1.54) is 6.07 Å². The van der Waals surface area contributed by atoms with Crippen molar-refractivity contribution in [2.24, 2.45) is 0 Å². The molecule has 0 fully saturated rings. The van der Waals surface area contributed by atoms with Crippen LogP contribution in [0.15, 0.2) is 18.2 Å². The summed E-state index contributed by atoms with van der Waals surface area (Å²) in [7, 11) is 0. The zero-order chi connectivity index (χ0) is 12.8. The zero-order valence-electron chi connectivity index (χ0n) is 9.81. The normalized spacial score (nSPS) is 12.1. The van der Waals surface area contributed by atoms with Crippen LogP contribution in [-0.4, -0.2) is 4.98 Å². The summed E-state index contributed by atoms with van der Waals surface area (Å²) in [5, 5.41) is 1.37. The highest BCUT2D eigenvalue weighted by Crippen LogP contribution is 2.32. The van der Waals surface area contributed by atoms with E-state index >= 15 is 0 Å². The molecule has 1 aromatic carbocycles. The molecule has 0 atom stereocenters. The molecule has 0 N–H and O–H groups in total. The molecule has 0 spiro atoms. The Morgan fingerprint density at radius 3 is 2.35 bits per heavy atom. The Labute approximate surface area is 110 Å². The summed E-state index contributed by atoms with van der Waals surface area (Å²) < 4.78 is 13.6. The Morgan fingerprint density at radius 2 is 1.76 bits per heavy atom. The second kappa shape index (κ2) is 4.11. The molecule has 0 saturated carbocycles. The molecule has 4 heteroatoms. The third-order valence-electron chi connectivity index (χ3n) is 2.60. The summed E-state index contributed by atoms with van der Waals surface area (Å²) in [5.74, 6) is -0.449. The topological polar surface area (TPSA) is 12.9 Å². The smallest absolute Gasteiger partial charge is 0.150 e. The van der Waals surface area contributed by atoms with Crippen LogP contribution in [0.25, 0.3) is 10.9 Å². The van der Waals surface area contributed by atoms with Gasteiger partial charge in [-0.15, -0.1) is 0 Å². The van der Waals surface area contributed by atoms with Crippen molar-refractivity contribution in [3.05, 3.63) is 39.8 Å². The number of benzene rings is 1. The largest absolute Gasteiger partial charge is 0.233 e. The van der Waals surface area contributed by atoms with Crippen molar-refractivity contribution in [3.8, 4) is 0 Å². The van der Waals surface area contributed by atoms with Gasteiger partial charge in [0.05, 0.1) is 0 Å². The van der Waals surface area contributed by atoms with Gasteiger partial charge in [0, 0.05) is 10.4 Å². The maximum Gasteiger partial charge on any atom is 0.150 e. The van der Waals surface area contributed by atoms with Gasteiger partial charge in [0.15, 0.2) is 5.82 Å². The molecule has 2 rings (SSSR count). The second-order valence-corrected chi connectivity index (χ2v) is 5.83. The Kier molecular flexibility index (Phi) is 3.04. The molecule has 0 aliphatic heterocycles. The molecule has 0 bridgehead atoms. The molecule has 17 heavy (non-hydrogen) atoms. The van der Waals surface area contributed by atoms with Gasteiger partial charge in [0.2, 0.25) is 0 Å². The Hall–Kier alpha value is -0.860. The van der Waals surface area contributed by atoms with E-state index in [0.29, 0.717) is 15.6 Å². The predicted octanol–water partition coefficient (Wildman–Crippen LogP) is 4.98. The number of pyridine rings is 1. The van der Waals surface area contributed by atoms with E-state index in [0.717, 1.165) is 5.56 Å². The minimum atomic E-state index is -0.449. The Bertz CT molecular complexity index is 588. The van der Waals surface area contributed by atoms with Crippen molar-refractivity contribution >= 4 is 34.1 Å². The van der Waals surface area contributed by atoms with E-state index in [1.54, 1.807) is 6.07 Å². The number of nitrogens with zero attached hydrogens (tertiary/aromatic N) is 1. The van der Waals surface area contributed by atoms with Gasteiger partial charge >= 0.3 is 0 Å². The molecule has 0 unspecified atom stereocenters. The molecular formula is C13H12Cl2FN. The lowest BCUT2D eigenvalue weighted by Gasteiger charge is -2.20. The van der Waals surface area contributed by atoms with Crippen LogP contribution in [0.2, 0.25) is 10.2 Å². The van der Waals surface area contributed by atoms with Crippen LogP contribution < -0.4 is 0 Å². The van der Waals surface area contributed by atoms with Crippen molar-refractivity contribution in [1.29, 1.82) is 0 Å². The van der Waals surface area contributed by atoms with Gasteiger partial charge < -0.3 is 0 Å². The highest BCUT2D eigenvalue weighted by Gasteiger charge is 2.20. The molecule has 1 aromatic heterocycles. The first kappa shape index (κ1) is 12.6. The number of fused-ring (bicyclic) bond motifs is 1. The van der Waals surface area contributed by atoms with Gasteiger partial charge in [-0.2, -0.15) is 0 Å². The highest BCUT2D eigenvalue weighted by molar-refractivity contribution is 6.32. The van der Waals surface area contributed by atoms with Crippen LogP contribution in [0.4, 0.5) is 4.39 Å². The molecule has 0 amide bonds. The average Bonchev–Trinajstić information content (AvgIpc) is 2.16. The minimum absolute atomic E-state index is 0.142. The van der Waals surface area contributed by atoms with Crippen molar-refractivity contribution < 1.29 is 4.39 Å². The van der Waals surface area contributed by atoms with Gasteiger partial charge in [0.25, 0.3) is 0 Å². The third kappa shape index (κ3) is 2.38. The maximum absolute atomic E-state index is 13.6. The van der Waals surface area contributed by atoms with Crippen LogP contribution in [0.1, 0.15) is 26.3 Å². The van der Waals surface area contributed by atoms with Gasteiger partial charge in [0.1, 0.15) is 10.7 Å². The second-order valence-electron chi connectivity index (χ2n) is 5.04. The first-order valence-corrected chi connectivity index (χ1v) is 6.00. The van der Waals surface area contributed by atoms with Crippen molar-refractivity contribution in [3.63, 3.8) is 0 Å².